The van der Waals surface area contributed by atoms with Gasteiger partial charge in [0, 0.05) is 23.5 Å². The maximum absolute atomic E-state index is 12.3. The Morgan fingerprint density at radius 2 is 2.00 bits per heavy atom. The number of hydrogen-bond acceptors (Lipinski definition) is 4. The van der Waals surface area contributed by atoms with Gasteiger partial charge in [-0.2, -0.15) is 5.26 Å². The van der Waals surface area contributed by atoms with E-state index >= 15 is 0 Å². The Morgan fingerprint density at radius 3 is 2.64 bits per heavy atom. The van der Waals surface area contributed by atoms with Crippen molar-refractivity contribution in [2.24, 2.45) is 5.92 Å². The minimum absolute atomic E-state index is 0.0881. The fraction of sp³-hybridized carbons (Fsp3) is 0.591. The number of nitrogens with zero attached hydrogens (tertiary/aromatic N) is 2. The molecule has 3 rings (SSSR count). The molecule has 2 fully saturated rings. The summed E-state index contributed by atoms with van der Waals surface area (Å²) < 4.78 is 7.35. The summed E-state index contributed by atoms with van der Waals surface area (Å²) >= 11 is 0. The van der Waals surface area contributed by atoms with Gasteiger partial charge in [-0.25, -0.2) is 4.79 Å². The first kappa shape index (κ1) is 20.2. The zero-order valence-electron chi connectivity index (χ0n) is 17.0. The fourth-order valence-electron chi connectivity index (χ4n) is 4.12. The number of esters is 1. The van der Waals surface area contributed by atoms with Crippen molar-refractivity contribution in [1.82, 2.24) is 9.88 Å². The third kappa shape index (κ3) is 4.64. The van der Waals surface area contributed by atoms with Gasteiger partial charge in [-0.15, -0.1) is 0 Å². The maximum Gasteiger partial charge on any atom is 0.349 e. The molecule has 0 unspecified atom stereocenters. The number of carbonyl (C=O) groups is 2. The molecule has 2 aliphatic carbocycles. The predicted molar refractivity (Wildman–Crippen MR) is 106 cm³/mol. The second kappa shape index (κ2) is 8.64. The third-order valence-electron chi connectivity index (χ3n) is 5.87. The van der Waals surface area contributed by atoms with Crippen LogP contribution in [0.2, 0.25) is 0 Å². The largest absolute Gasteiger partial charge is 0.451 e. The molecule has 0 saturated heterocycles. The normalized spacial score (nSPS) is 22.4. The molecule has 28 heavy (non-hydrogen) atoms. The first-order valence-electron chi connectivity index (χ1n) is 10.2. The van der Waals surface area contributed by atoms with Crippen LogP contribution in [0.25, 0.3) is 6.08 Å². The van der Waals surface area contributed by atoms with Gasteiger partial charge in [-0.1, -0.05) is 19.8 Å². The second-order valence-electron chi connectivity index (χ2n) is 8.11. The highest BCUT2D eigenvalue weighted by Gasteiger charge is 2.27. The number of ether oxygens (including phenoxy) is 1. The fourth-order valence-corrected chi connectivity index (χ4v) is 4.12. The molecule has 2 aliphatic rings. The lowest BCUT2D eigenvalue weighted by Crippen LogP contribution is -2.42. The Bertz CT molecular complexity index is 827. The zero-order valence-corrected chi connectivity index (χ0v) is 17.0. The minimum atomic E-state index is -0.759. The number of rotatable bonds is 6. The van der Waals surface area contributed by atoms with E-state index in [0.717, 1.165) is 36.2 Å². The van der Waals surface area contributed by atoms with Crippen LogP contribution in [-0.2, 0) is 14.3 Å². The van der Waals surface area contributed by atoms with E-state index in [9.17, 15) is 14.9 Å². The molecule has 1 heterocycles. The highest BCUT2D eigenvalue weighted by Crippen LogP contribution is 2.38. The molecule has 0 radical (unpaired) electrons. The standard InChI is InChI=1S/C22H29N3O3/c1-14-6-4-5-7-20(14)24-21(26)13-28-22(27)18(12-23)11-17-10-15(2)25(16(17)3)19-8-9-19/h10-11,14,19-20H,4-9,13H2,1-3H3,(H,24,26)/b18-11+/t14-,20+/m0/s1. The molecule has 2 atom stereocenters. The third-order valence-corrected chi connectivity index (χ3v) is 5.87. The summed E-state index contributed by atoms with van der Waals surface area (Å²) in [6, 6.07) is 4.56. The molecule has 2 saturated carbocycles. The number of aromatic nitrogens is 1. The number of hydrogen-bond donors (Lipinski definition) is 1. The molecule has 1 amide bonds. The molecule has 150 valence electrons. The molecule has 6 nitrogen and oxygen atoms in total. The van der Waals surface area contributed by atoms with Gasteiger partial charge in [0.2, 0.25) is 0 Å². The lowest BCUT2D eigenvalue weighted by molar-refractivity contribution is -0.144. The first-order chi connectivity index (χ1) is 13.4. The van der Waals surface area contributed by atoms with Crippen molar-refractivity contribution in [3.05, 3.63) is 28.6 Å². The van der Waals surface area contributed by atoms with E-state index in [1.54, 1.807) is 6.08 Å². The van der Waals surface area contributed by atoms with Gasteiger partial charge in [-0.05, 0) is 63.2 Å². The monoisotopic (exact) mass is 383 g/mol. The molecule has 0 aliphatic heterocycles. The zero-order chi connectivity index (χ0) is 20.3. The van der Waals surface area contributed by atoms with Gasteiger partial charge < -0.3 is 14.6 Å². The lowest BCUT2D eigenvalue weighted by atomic mass is 9.86. The van der Waals surface area contributed by atoms with Crippen molar-refractivity contribution in [2.45, 2.75) is 71.4 Å². The predicted octanol–water partition coefficient (Wildman–Crippen LogP) is 3.58. The molecule has 6 heteroatoms. The Labute approximate surface area is 166 Å². The molecule has 0 aromatic carbocycles. The minimum Gasteiger partial charge on any atom is -0.451 e. The highest BCUT2D eigenvalue weighted by molar-refractivity contribution is 5.99. The average molecular weight is 383 g/mol. The van der Waals surface area contributed by atoms with E-state index in [0.29, 0.717) is 12.0 Å². The van der Waals surface area contributed by atoms with Crippen molar-refractivity contribution >= 4 is 18.0 Å². The molecule has 1 N–H and O–H groups in total. The first-order valence-corrected chi connectivity index (χ1v) is 10.2. The van der Waals surface area contributed by atoms with Crippen LogP contribution in [0, 0.1) is 31.1 Å². The number of nitrogens with one attached hydrogen (secondary N) is 1. The molecular weight excluding hydrogens is 354 g/mol. The molecule has 1 aromatic heterocycles. The van der Waals surface area contributed by atoms with Gasteiger partial charge in [0.15, 0.2) is 6.61 Å². The lowest BCUT2D eigenvalue weighted by Gasteiger charge is -2.29. The van der Waals surface area contributed by atoms with E-state index in [-0.39, 0.29) is 24.1 Å². The van der Waals surface area contributed by atoms with Gasteiger partial charge in [0.25, 0.3) is 5.91 Å². The number of amides is 1. The number of aryl methyl sites for hydroxylation is 1. The Morgan fingerprint density at radius 1 is 1.29 bits per heavy atom. The van der Waals surface area contributed by atoms with Crippen molar-refractivity contribution < 1.29 is 14.3 Å². The van der Waals surface area contributed by atoms with Gasteiger partial charge in [0.1, 0.15) is 11.6 Å². The van der Waals surface area contributed by atoms with Gasteiger partial charge >= 0.3 is 5.97 Å². The second-order valence-corrected chi connectivity index (χ2v) is 8.11. The van der Waals surface area contributed by atoms with Crippen molar-refractivity contribution in [2.75, 3.05) is 6.61 Å². The number of carbonyl (C=O) groups excluding carboxylic acids is 2. The summed E-state index contributed by atoms with van der Waals surface area (Å²) in [4.78, 5) is 24.4. The summed E-state index contributed by atoms with van der Waals surface area (Å²) in [5, 5.41) is 12.3. The van der Waals surface area contributed by atoms with Crippen LogP contribution in [0.5, 0.6) is 0 Å². The Kier molecular flexibility index (Phi) is 6.23. The van der Waals surface area contributed by atoms with E-state index in [1.165, 1.54) is 19.3 Å². The molecular formula is C22H29N3O3. The van der Waals surface area contributed by atoms with Gasteiger partial charge in [0.05, 0.1) is 0 Å². The summed E-state index contributed by atoms with van der Waals surface area (Å²) in [6.07, 6.45) is 8.26. The van der Waals surface area contributed by atoms with E-state index in [1.807, 2.05) is 26.0 Å². The van der Waals surface area contributed by atoms with E-state index in [4.69, 9.17) is 4.74 Å². The van der Waals surface area contributed by atoms with Crippen molar-refractivity contribution in [3.63, 3.8) is 0 Å². The van der Waals surface area contributed by atoms with Crippen LogP contribution in [0.15, 0.2) is 11.6 Å². The highest BCUT2D eigenvalue weighted by atomic mass is 16.5. The average Bonchev–Trinajstić information content (AvgIpc) is 3.45. The van der Waals surface area contributed by atoms with Gasteiger partial charge in [-0.3, -0.25) is 4.79 Å². The molecule has 1 aromatic rings. The SMILES string of the molecule is Cc1cc(/C=C(\C#N)C(=O)OCC(=O)N[C@@H]2CCCC[C@@H]2C)c(C)n1C1CC1. The van der Waals surface area contributed by atoms with Crippen LogP contribution in [0.3, 0.4) is 0 Å². The molecule has 0 spiro atoms. The number of nitriles is 1. The Hall–Kier alpha value is -2.55. The molecule has 0 bridgehead atoms. The van der Waals surface area contributed by atoms with Crippen molar-refractivity contribution in [1.29, 1.82) is 5.26 Å². The van der Waals surface area contributed by atoms with Crippen LogP contribution in [0.4, 0.5) is 0 Å². The summed E-state index contributed by atoms with van der Waals surface area (Å²) in [7, 11) is 0. The Balaban J connectivity index is 1.59. The van der Waals surface area contributed by atoms with E-state index < -0.39 is 5.97 Å². The van der Waals surface area contributed by atoms with Crippen LogP contribution in [0.1, 0.15) is 68.4 Å². The smallest absolute Gasteiger partial charge is 0.349 e. The summed E-state index contributed by atoms with van der Waals surface area (Å²) in [5.41, 5.74) is 2.93. The maximum atomic E-state index is 12.3. The van der Waals surface area contributed by atoms with E-state index in [2.05, 4.69) is 16.8 Å². The van der Waals surface area contributed by atoms with Crippen LogP contribution >= 0.6 is 0 Å². The quantitative estimate of drug-likeness (QED) is 0.462. The summed E-state index contributed by atoms with van der Waals surface area (Å²) in [6.45, 7) is 5.80. The van der Waals surface area contributed by atoms with Crippen LogP contribution in [-0.4, -0.2) is 29.1 Å². The van der Waals surface area contributed by atoms with Crippen molar-refractivity contribution in [3.8, 4) is 6.07 Å². The summed E-state index contributed by atoms with van der Waals surface area (Å²) in [5.74, 6) is -0.633. The van der Waals surface area contributed by atoms with Crippen LogP contribution < -0.4 is 5.32 Å². The topological polar surface area (TPSA) is 84.1 Å².